The van der Waals surface area contributed by atoms with Gasteiger partial charge in [-0.15, -0.1) is 0 Å². The van der Waals surface area contributed by atoms with Crippen LogP contribution in [0.4, 0.5) is 5.69 Å². The van der Waals surface area contributed by atoms with Crippen LogP contribution in [0.15, 0.2) is 18.3 Å². The number of aromatic carboxylic acids is 1. The van der Waals surface area contributed by atoms with E-state index in [1.165, 1.54) is 18.3 Å². The van der Waals surface area contributed by atoms with Crippen LogP contribution in [0.5, 0.6) is 0 Å². The van der Waals surface area contributed by atoms with Crippen molar-refractivity contribution < 1.29 is 18.3 Å². The number of aromatic nitrogens is 1. The molecular weight excluding hydrogens is 268 g/mol. The van der Waals surface area contributed by atoms with Crippen molar-refractivity contribution >= 4 is 21.7 Å². The van der Waals surface area contributed by atoms with Crippen molar-refractivity contribution in [3.05, 3.63) is 24.0 Å². The molecule has 106 valence electrons. The van der Waals surface area contributed by atoms with Crippen molar-refractivity contribution in [2.75, 3.05) is 10.5 Å². The topological polar surface area (TPSA) is 96.4 Å². The molecule has 0 aliphatic rings. The second kappa shape index (κ2) is 5.56. The van der Waals surface area contributed by atoms with Gasteiger partial charge in [0, 0.05) is 6.20 Å². The lowest BCUT2D eigenvalue weighted by atomic mass is 9.94. The number of carboxylic acids is 1. The van der Waals surface area contributed by atoms with Crippen LogP contribution in [0, 0.1) is 5.41 Å². The lowest BCUT2D eigenvalue weighted by molar-refractivity contribution is 0.0690. The molecule has 0 aliphatic heterocycles. The number of carboxylic acid groups (broad SMARTS) is 1. The van der Waals surface area contributed by atoms with Gasteiger partial charge in [-0.2, -0.15) is 0 Å². The third kappa shape index (κ3) is 5.69. The molecule has 1 rings (SSSR count). The molecule has 1 aromatic rings. The first-order chi connectivity index (χ1) is 8.59. The summed E-state index contributed by atoms with van der Waals surface area (Å²) in [4.78, 5) is 14.4. The molecule has 0 amide bonds. The summed E-state index contributed by atoms with van der Waals surface area (Å²) in [5.41, 5.74) is -0.0727. The van der Waals surface area contributed by atoms with E-state index >= 15 is 0 Å². The number of pyridine rings is 1. The highest BCUT2D eigenvalue weighted by Gasteiger charge is 2.17. The van der Waals surface area contributed by atoms with Gasteiger partial charge in [0.1, 0.15) is 5.69 Å². The van der Waals surface area contributed by atoms with Crippen molar-refractivity contribution in [1.82, 2.24) is 4.98 Å². The number of carbonyl (C=O) groups is 1. The van der Waals surface area contributed by atoms with Crippen molar-refractivity contribution in [1.29, 1.82) is 0 Å². The predicted molar refractivity (Wildman–Crippen MR) is 72.7 cm³/mol. The Kier molecular flexibility index (Phi) is 4.52. The van der Waals surface area contributed by atoms with Crippen molar-refractivity contribution in [3.8, 4) is 0 Å². The van der Waals surface area contributed by atoms with Gasteiger partial charge in [-0.3, -0.25) is 4.72 Å². The Labute approximate surface area is 112 Å². The summed E-state index contributed by atoms with van der Waals surface area (Å²) in [6.07, 6.45) is 1.77. The first kappa shape index (κ1) is 15.4. The van der Waals surface area contributed by atoms with Gasteiger partial charge in [-0.05, 0) is 24.0 Å². The lowest BCUT2D eigenvalue weighted by Crippen LogP contribution is -2.21. The van der Waals surface area contributed by atoms with Crippen LogP contribution in [0.25, 0.3) is 0 Å². The number of anilines is 1. The van der Waals surface area contributed by atoms with E-state index in [1.807, 2.05) is 20.8 Å². The molecular formula is C12H18N2O4S. The zero-order valence-electron chi connectivity index (χ0n) is 11.2. The molecule has 19 heavy (non-hydrogen) atoms. The normalized spacial score (nSPS) is 12.2. The Bertz CT molecular complexity index is 561. The minimum absolute atomic E-state index is 0.0127. The Morgan fingerprint density at radius 3 is 2.58 bits per heavy atom. The summed E-state index contributed by atoms with van der Waals surface area (Å²) < 4.78 is 26.1. The summed E-state index contributed by atoms with van der Waals surface area (Å²) in [6.45, 7) is 5.87. The van der Waals surface area contributed by atoms with Crippen molar-refractivity contribution in [2.45, 2.75) is 27.2 Å². The molecule has 0 aliphatic carbocycles. The minimum atomic E-state index is -3.48. The molecule has 0 fully saturated rings. The summed E-state index contributed by atoms with van der Waals surface area (Å²) in [5, 5.41) is 8.78. The SMILES string of the molecule is CC(C)(C)CCS(=O)(=O)Nc1ccnc(C(=O)O)c1. The smallest absolute Gasteiger partial charge is 0.354 e. The van der Waals surface area contributed by atoms with Gasteiger partial charge in [-0.25, -0.2) is 18.2 Å². The van der Waals surface area contributed by atoms with Crippen molar-refractivity contribution in [2.24, 2.45) is 5.41 Å². The average Bonchev–Trinajstić information content (AvgIpc) is 2.25. The van der Waals surface area contributed by atoms with E-state index in [1.54, 1.807) is 0 Å². The first-order valence-corrected chi connectivity index (χ1v) is 7.44. The van der Waals surface area contributed by atoms with Gasteiger partial charge in [0.15, 0.2) is 0 Å². The number of sulfonamides is 1. The molecule has 0 bridgehead atoms. The third-order valence-electron chi connectivity index (χ3n) is 2.37. The van der Waals surface area contributed by atoms with E-state index in [0.29, 0.717) is 6.42 Å². The van der Waals surface area contributed by atoms with E-state index in [2.05, 4.69) is 9.71 Å². The van der Waals surface area contributed by atoms with Gasteiger partial charge in [0.2, 0.25) is 10.0 Å². The fourth-order valence-corrected chi connectivity index (χ4v) is 2.75. The molecule has 0 aromatic carbocycles. The number of hydrogen-bond donors (Lipinski definition) is 2. The number of nitrogens with one attached hydrogen (secondary N) is 1. The summed E-state index contributed by atoms with van der Waals surface area (Å²) >= 11 is 0. The highest BCUT2D eigenvalue weighted by Crippen LogP contribution is 2.20. The fraction of sp³-hybridized carbons (Fsp3) is 0.500. The number of hydrogen-bond acceptors (Lipinski definition) is 4. The second-order valence-corrected chi connectivity index (χ2v) is 7.31. The summed E-state index contributed by atoms with van der Waals surface area (Å²) in [5.74, 6) is -1.21. The van der Waals surface area contributed by atoms with Crippen LogP contribution in [-0.2, 0) is 10.0 Å². The molecule has 0 saturated heterocycles. The van der Waals surface area contributed by atoms with E-state index in [-0.39, 0.29) is 22.5 Å². The monoisotopic (exact) mass is 286 g/mol. The van der Waals surface area contributed by atoms with Gasteiger partial charge in [0.25, 0.3) is 0 Å². The molecule has 2 N–H and O–H groups in total. The van der Waals surface area contributed by atoms with Crippen molar-refractivity contribution in [3.63, 3.8) is 0 Å². The van der Waals surface area contributed by atoms with E-state index < -0.39 is 16.0 Å². The molecule has 0 saturated carbocycles. The Morgan fingerprint density at radius 1 is 1.42 bits per heavy atom. The molecule has 6 nitrogen and oxygen atoms in total. The average molecular weight is 286 g/mol. The zero-order valence-corrected chi connectivity index (χ0v) is 12.0. The standard InChI is InChI=1S/C12H18N2O4S/c1-12(2,3)5-7-19(17,18)14-9-4-6-13-10(8-9)11(15)16/h4,6,8H,5,7H2,1-3H3,(H,13,14)(H,15,16). The fourth-order valence-electron chi connectivity index (χ4n) is 1.28. The molecule has 7 heteroatoms. The summed E-state index contributed by atoms with van der Waals surface area (Å²) in [6, 6.07) is 2.61. The van der Waals surface area contributed by atoms with Crippen LogP contribution in [-0.4, -0.2) is 30.2 Å². The quantitative estimate of drug-likeness (QED) is 0.862. The number of rotatable bonds is 5. The maximum atomic E-state index is 11.8. The highest BCUT2D eigenvalue weighted by molar-refractivity contribution is 7.92. The van der Waals surface area contributed by atoms with Gasteiger partial charge in [0.05, 0.1) is 11.4 Å². The van der Waals surface area contributed by atoms with Crippen LogP contribution in [0.3, 0.4) is 0 Å². The minimum Gasteiger partial charge on any atom is -0.477 e. The number of nitrogens with zero attached hydrogens (tertiary/aromatic N) is 1. The predicted octanol–water partition coefficient (Wildman–Crippen LogP) is 1.96. The van der Waals surface area contributed by atoms with E-state index in [4.69, 9.17) is 5.11 Å². The largest absolute Gasteiger partial charge is 0.477 e. The Balaban J connectivity index is 2.78. The highest BCUT2D eigenvalue weighted by atomic mass is 32.2. The molecule has 0 atom stereocenters. The van der Waals surface area contributed by atoms with Gasteiger partial charge in [-0.1, -0.05) is 20.8 Å². The van der Waals surface area contributed by atoms with Crippen LogP contribution >= 0.6 is 0 Å². The molecule has 1 aromatic heterocycles. The van der Waals surface area contributed by atoms with Crippen LogP contribution in [0.2, 0.25) is 0 Å². The zero-order chi connectivity index (χ0) is 14.7. The Hall–Kier alpha value is -1.63. The lowest BCUT2D eigenvalue weighted by Gasteiger charge is -2.18. The van der Waals surface area contributed by atoms with Gasteiger partial charge >= 0.3 is 5.97 Å². The van der Waals surface area contributed by atoms with E-state index in [9.17, 15) is 13.2 Å². The third-order valence-corrected chi connectivity index (χ3v) is 3.66. The second-order valence-electron chi connectivity index (χ2n) is 5.47. The Morgan fingerprint density at radius 2 is 2.05 bits per heavy atom. The first-order valence-electron chi connectivity index (χ1n) is 5.79. The molecule has 0 spiro atoms. The summed E-state index contributed by atoms with van der Waals surface area (Å²) in [7, 11) is -3.48. The maximum Gasteiger partial charge on any atom is 0.354 e. The molecule has 1 heterocycles. The molecule has 0 unspecified atom stereocenters. The van der Waals surface area contributed by atoms with Crippen LogP contribution < -0.4 is 4.72 Å². The van der Waals surface area contributed by atoms with E-state index in [0.717, 1.165) is 0 Å². The maximum absolute atomic E-state index is 11.8. The molecule has 0 radical (unpaired) electrons. The van der Waals surface area contributed by atoms with Crippen LogP contribution in [0.1, 0.15) is 37.7 Å². The van der Waals surface area contributed by atoms with Gasteiger partial charge < -0.3 is 5.11 Å².